The van der Waals surface area contributed by atoms with Crippen molar-refractivity contribution in [1.29, 1.82) is 0 Å². The number of aromatic carboxylic acids is 2. The van der Waals surface area contributed by atoms with Crippen LogP contribution >= 0.6 is 24.8 Å². The van der Waals surface area contributed by atoms with Crippen molar-refractivity contribution in [3.05, 3.63) is 127 Å². The maximum absolute atomic E-state index is 15.3. The maximum atomic E-state index is 15.3. The minimum absolute atomic E-state index is 0. The van der Waals surface area contributed by atoms with Gasteiger partial charge in [-0.2, -0.15) is 0 Å². The van der Waals surface area contributed by atoms with Gasteiger partial charge in [-0.3, -0.25) is 9.59 Å². The number of halogens is 8. The summed E-state index contributed by atoms with van der Waals surface area (Å²) in [5, 5.41) is 24.9. The van der Waals surface area contributed by atoms with Crippen LogP contribution in [0, 0.1) is 34.9 Å². The Balaban J connectivity index is 0.000000280. The molecule has 0 radical (unpaired) electrons. The van der Waals surface area contributed by atoms with E-state index in [1.165, 1.54) is 14.2 Å². The van der Waals surface area contributed by atoms with Crippen molar-refractivity contribution in [3.8, 4) is 22.9 Å². The summed E-state index contributed by atoms with van der Waals surface area (Å²) >= 11 is 0. The summed E-state index contributed by atoms with van der Waals surface area (Å²) in [4.78, 5) is 52.6. The van der Waals surface area contributed by atoms with Crippen LogP contribution in [0.2, 0.25) is 0 Å². The Morgan fingerprint density at radius 1 is 0.612 bits per heavy atom. The summed E-state index contributed by atoms with van der Waals surface area (Å²) in [6.07, 6.45) is 1.88. The summed E-state index contributed by atoms with van der Waals surface area (Å²) in [7, 11) is 2.56. The first kappa shape index (κ1) is 53.1. The van der Waals surface area contributed by atoms with Crippen LogP contribution in [0.15, 0.2) is 70.5 Å². The molecule has 2 unspecified atom stereocenters. The minimum atomic E-state index is -1.56. The second-order valence-electron chi connectivity index (χ2n) is 15.2. The SMILES string of the molecule is COc1c(N2CCNC(C)C2)c(F)cc2c(=O)c(C(=O)O)cn(-c3ccc(F)cc3F)c12.COc1c(N2CCNC(C)C2)c(F)cc2c(=O)c(C(=O)O)cn(-c3ccc(F)cc3F)c12.Cl.Cl.O. The van der Waals surface area contributed by atoms with Gasteiger partial charge in [0.15, 0.2) is 23.1 Å². The molecular formula is C44H44Cl2F6N6O9. The summed E-state index contributed by atoms with van der Waals surface area (Å²) in [5.74, 6) is -8.40. The smallest absolute Gasteiger partial charge is 0.341 e. The highest BCUT2D eigenvalue weighted by atomic mass is 35.5. The molecule has 2 aliphatic rings. The number of anilines is 2. The van der Waals surface area contributed by atoms with Crippen molar-refractivity contribution in [2.45, 2.75) is 25.9 Å². The molecule has 4 heterocycles. The van der Waals surface area contributed by atoms with Crippen molar-refractivity contribution >= 4 is 69.9 Å². The molecule has 8 rings (SSSR count). The number of nitrogens with zero attached hydrogens (tertiary/aromatic N) is 4. The van der Waals surface area contributed by atoms with Crippen molar-refractivity contribution in [1.82, 2.24) is 19.8 Å². The fraction of sp³-hybridized carbons (Fsp3) is 0.273. The number of nitrogens with one attached hydrogen (secondary N) is 2. The number of aromatic nitrogens is 2. The number of piperazine rings is 2. The van der Waals surface area contributed by atoms with Gasteiger partial charge >= 0.3 is 11.9 Å². The van der Waals surface area contributed by atoms with Crippen LogP contribution in [-0.2, 0) is 0 Å². The van der Waals surface area contributed by atoms with E-state index in [2.05, 4.69) is 10.6 Å². The quantitative estimate of drug-likeness (QED) is 0.133. The van der Waals surface area contributed by atoms with Gasteiger partial charge in [0.25, 0.3) is 0 Å². The van der Waals surface area contributed by atoms with E-state index >= 15 is 8.78 Å². The van der Waals surface area contributed by atoms with Crippen LogP contribution in [0.5, 0.6) is 11.5 Å². The highest BCUT2D eigenvalue weighted by Gasteiger charge is 2.31. The molecule has 6 N–H and O–H groups in total. The first-order chi connectivity index (χ1) is 30.4. The summed E-state index contributed by atoms with van der Waals surface area (Å²) in [6.45, 7) is 6.82. The number of hydrogen-bond acceptors (Lipinski definition) is 10. The minimum Gasteiger partial charge on any atom is -0.492 e. The van der Waals surface area contributed by atoms with Gasteiger partial charge in [0.2, 0.25) is 10.9 Å². The number of fused-ring (bicyclic) bond motifs is 2. The lowest BCUT2D eigenvalue weighted by Gasteiger charge is -2.35. The van der Waals surface area contributed by atoms with Gasteiger partial charge in [0.05, 0.1) is 36.4 Å². The van der Waals surface area contributed by atoms with E-state index in [1.807, 2.05) is 13.8 Å². The first-order valence-corrected chi connectivity index (χ1v) is 19.7. The molecule has 2 aliphatic heterocycles. The Labute approximate surface area is 389 Å². The van der Waals surface area contributed by atoms with E-state index in [1.54, 1.807) is 9.80 Å². The Morgan fingerprint density at radius 2 is 0.970 bits per heavy atom. The molecule has 0 spiro atoms. The Kier molecular flexibility index (Phi) is 17.0. The first-order valence-electron chi connectivity index (χ1n) is 19.7. The average Bonchev–Trinajstić information content (AvgIpc) is 3.24. The Bertz CT molecular complexity index is 2800. The topological polar surface area (TPSA) is 199 Å². The number of ether oxygens (including phenoxy) is 2. The van der Waals surface area contributed by atoms with Crippen LogP contribution in [-0.4, -0.2) is 102 Å². The lowest BCUT2D eigenvalue weighted by atomic mass is 10.1. The van der Waals surface area contributed by atoms with Crippen LogP contribution in [0.4, 0.5) is 37.7 Å². The van der Waals surface area contributed by atoms with Gasteiger partial charge in [-0.15, -0.1) is 24.8 Å². The van der Waals surface area contributed by atoms with Gasteiger partial charge in [0.1, 0.15) is 56.8 Å². The van der Waals surface area contributed by atoms with E-state index in [0.717, 1.165) is 57.9 Å². The van der Waals surface area contributed by atoms with E-state index in [-0.39, 0.29) is 98.4 Å². The van der Waals surface area contributed by atoms with E-state index in [9.17, 15) is 47.0 Å². The summed E-state index contributed by atoms with van der Waals surface area (Å²) in [5.41, 5.74) is -3.58. The molecule has 0 aliphatic carbocycles. The summed E-state index contributed by atoms with van der Waals surface area (Å²) < 4.78 is 100. The fourth-order valence-electron chi connectivity index (χ4n) is 8.12. The van der Waals surface area contributed by atoms with Crippen LogP contribution < -0.4 is 40.8 Å². The van der Waals surface area contributed by atoms with E-state index in [4.69, 9.17) is 9.47 Å². The average molecular weight is 986 g/mol. The number of methoxy groups -OCH3 is 2. The molecule has 0 saturated carbocycles. The van der Waals surface area contributed by atoms with Crippen LogP contribution in [0.1, 0.15) is 34.6 Å². The third-order valence-electron chi connectivity index (χ3n) is 10.9. The zero-order valence-corrected chi connectivity index (χ0v) is 37.5. The monoisotopic (exact) mass is 984 g/mol. The van der Waals surface area contributed by atoms with E-state index in [0.29, 0.717) is 51.4 Å². The number of carboxylic acids is 2. The largest absolute Gasteiger partial charge is 0.492 e. The highest BCUT2D eigenvalue weighted by molar-refractivity contribution is 5.99. The Hall–Kier alpha value is -6.52. The van der Waals surface area contributed by atoms with Crippen LogP contribution in [0.25, 0.3) is 33.2 Å². The maximum Gasteiger partial charge on any atom is 0.341 e. The van der Waals surface area contributed by atoms with Gasteiger partial charge < -0.3 is 54.7 Å². The second kappa shape index (κ2) is 21.4. The number of pyridine rings is 2. The molecule has 360 valence electrons. The summed E-state index contributed by atoms with van der Waals surface area (Å²) in [6, 6.07) is 7.45. The number of carbonyl (C=O) groups is 2. The predicted octanol–water partition coefficient (Wildman–Crippen LogP) is 5.84. The molecule has 2 aromatic heterocycles. The molecule has 15 nitrogen and oxygen atoms in total. The molecular weight excluding hydrogens is 941 g/mol. The molecule has 4 aromatic carbocycles. The van der Waals surface area contributed by atoms with Crippen molar-refractivity contribution in [3.63, 3.8) is 0 Å². The molecule has 0 amide bonds. The van der Waals surface area contributed by atoms with Gasteiger partial charge in [-0.25, -0.2) is 35.9 Å². The molecule has 6 aromatic rings. The molecule has 2 atom stereocenters. The van der Waals surface area contributed by atoms with Gasteiger partial charge in [-0.1, -0.05) is 0 Å². The third kappa shape index (κ3) is 10.1. The molecule has 67 heavy (non-hydrogen) atoms. The zero-order valence-electron chi connectivity index (χ0n) is 35.9. The van der Waals surface area contributed by atoms with E-state index < -0.39 is 68.8 Å². The number of benzene rings is 4. The van der Waals surface area contributed by atoms with Crippen LogP contribution in [0.3, 0.4) is 0 Å². The molecule has 23 heteroatoms. The number of rotatable bonds is 8. The fourth-order valence-corrected chi connectivity index (χ4v) is 8.12. The van der Waals surface area contributed by atoms with Gasteiger partial charge in [-0.05, 0) is 50.2 Å². The predicted molar refractivity (Wildman–Crippen MR) is 243 cm³/mol. The molecule has 2 saturated heterocycles. The van der Waals surface area contributed by atoms with Crippen molar-refractivity contribution in [2.75, 3.05) is 63.3 Å². The number of hydrogen-bond donors (Lipinski definition) is 4. The Morgan fingerprint density at radius 3 is 1.27 bits per heavy atom. The van der Waals surface area contributed by atoms with Crippen molar-refractivity contribution < 1.29 is 61.1 Å². The molecule has 0 bridgehead atoms. The zero-order chi connectivity index (χ0) is 46.3. The second-order valence-corrected chi connectivity index (χ2v) is 15.2. The highest BCUT2D eigenvalue weighted by Crippen LogP contribution is 2.41. The standard InChI is InChI=1S/2C22H20F3N3O4.2ClH.H2O/c2*1-11-9-27(6-5-26-11)19-16(25)8-13-18(21(19)32-2)28(10-14(20(13)29)22(30)31)17-4-3-12(23)7-15(17)24;;;/h2*3-4,7-8,10-11,26H,5-6,9H2,1-2H3,(H,30,31);2*1H;1H2. The lowest BCUT2D eigenvalue weighted by molar-refractivity contribution is 0.0684. The lowest BCUT2D eigenvalue weighted by Crippen LogP contribution is -2.49. The van der Waals surface area contributed by atoms with Gasteiger partial charge in [0, 0.05) is 75.9 Å². The molecule has 2 fully saturated rings. The van der Waals surface area contributed by atoms with Crippen molar-refractivity contribution in [2.24, 2.45) is 0 Å². The third-order valence-corrected chi connectivity index (χ3v) is 10.9. The number of carboxylic acid groups (broad SMARTS) is 2. The normalized spacial score (nSPS) is 15.7.